The number of thioether (sulfide) groups is 1. The Morgan fingerprint density at radius 2 is 2.03 bits per heavy atom. The number of imidazole rings is 1. The number of halogens is 2. The van der Waals surface area contributed by atoms with Crippen molar-refractivity contribution in [3.63, 3.8) is 0 Å². The largest absolute Gasteiger partial charge is 0.399 e. The van der Waals surface area contributed by atoms with Gasteiger partial charge in [0.25, 0.3) is 0 Å². The number of nitrogens with two attached hydrogens (primary N) is 1. The van der Waals surface area contributed by atoms with Crippen LogP contribution in [0.1, 0.15) is 11.1 Å². The molecule has 1 saturated heterocycles. The topological polar surface area (TPSA) is 62.3 Å². The molecule has 0 saturated carbocycles. The van der Waals surface area contributed by atoms with Crippen LogP contribution in [0.5, 0.6) is 0 Å². The molecule has 5 nitrogen and oxygen atoms in total. The minimum atomic E-state index is -0.977. The third kappa shape index (κ3) is 4.90. The molecule has 152 valence electrons. The van der Waals surface area contributed by atoms with Crippen molar-refractivity contribution in [2.45, 2.75) is 24.2 Å². The Balaban J connectivity index is 1.47. The lowest BCUT2D eigenvalue weighted by atomic mass is 10.1. The van der Waals surface area contributed by atoms with Crippen molar-refractivity contribution in [3.05, 3.63) is 82.4 Å². The van der Waals surface area contributed by atoms with Gasteiger partial charge in [-0.1, -0.05) is 41.4 Å². The Labute approximate surface area is 184 Å². The highest BCUT2D eigenvalue weighted by Crippen LogP contribution is 2.41. The summed E-state index contributed by atoms with van der Waals surface area (Å²) in [5, 5.41) is 1.10. The summed E-state index contributed by atoms with van der Waals surface area (Å²) >= 11 is 14.4. The van der Waals surface area contributed by atoms with Gasteiger partial charge in [0.2, 0.25) is 5.79 Å². The van der Waals surface area contributed by atoms with Gasteiger partial charge in [-0.15, -0.1) is 0 Å². The van der Waals surface area contributed by atoms with Crippen LogP contribution in [0.3, 0.4) is 0 Å². The maximum atomic E-state index is 6.50. The molecule has 0 bridgehead atoms. The Kier molecular flexibility index (Phi) is 6.37. The van der Waals surface area contributed by atoms with Crippen LogP contribution in [-0.2, 0) is 27.6 Å². The predicted octanol–water partition coefficient (Wildman–Crippen LogP) is 4.97. The number of rotatable bonds is 7. The van der Waals surface area contributed by atoms with E-state index in [0.29, 0.717) is 23.2 Å². The molecular weight excluding hydrogens is 429 g/mol. The number of hydrogen-bond acceptors (Lipinski definition) is 5. The highest BCUT2D eigenvalue weighted by Gasteiger charge is 2.44. The van der Waals surface area contributed by atoms with E-state index in [4.69, 9.17) is 38.4 Å². The first-order chi connectivity index (χ1) is 14.0. The predicted molar refractivity (Wildman–Crippen MR) is 118 cm³/mol. The number of aromatic nitrogens is 2. The number of ether oxygens (including phenoxy) is 2. The summed E-state index contributed by atoms with van der Waals surface area (Å²) in [6.07, 6.45) is 5.29. The van der Waals surface area contributed by atoms with Crippen LogP contribution in [0.4, 0.5) is 5.69 Å². The van der Waals surface area contributed by atoms with Gasteiger partial charge >= 0.3 is 0 Å². The van der Waals surface area contributed by atoms with Crippen molar-refractivity contribution < 1.29 is 9.47 Å². The Morgan fingerprint density at radius 1 is 1.21 bits per heavy atom. The normalized spacial score (nSPS) is 21.5. The second-order valence-electron chi connectivity index (χ2n) is 6.92. The summed E-state index contributed by atoms with van der Waals surface area (Å²) in [7, 11) is 0. The van der Waals surface area contributed by atoms with Crippen LogP contribution in [0.25, 0.3) is 0 Å². The van der Waals surface area contributed by atoms with Gasteiger partial charge in [-0.3, -0.25) is 0 Å². The lowest BCUT2D eigenvalue weighted by Gasteiger charge is -2.30. The van der Waals surface area contributed by atoms with Crippen molar-refractivity contribution in [2.75, 3.05) is 18.1 Å². The minimum Gasteiger partial charge on any atom is -0.399 e. The molecule has 2 N–H and O–H groups in total. The van der Waals surface area contributed by atoms with E-state index in [0.717, 1.165) is 22.8 Å². The molecule has 2 aromatic carbocycles. The molecule has 0 aliphatic carbocycles. The molecule has 2 heterocycles. The van der Waals surface area contributed by atoms with E-state index in [1.165, 1.54) is 5.56 Å². The van der Waals surface area contributed by atoms with Crippen LogP contribution in [0.15, 0.2) is 61.2 Å². The third-order valence-electron chi connectivity index (χ3n) is 4.70. The quantitative estimate of drug-likeness (QED) is 0.515. The van der Waals surface area contributed by atoms with Crippen LogP contribution in [0, 0.1) is 0 Å². The van der Waals surface area contributed by atoms with E-state index >= 15 is 0 Å². The van der Waals surface area contributed by atoms with Crippen molar-refractivity contribution in [1.82, 2.24) is 9.55 Å². The van der Waals surface area contributed by atoms with Gasteiger partial charge in [-0.2, -0.15) is 11.8 Å². The molecule has 4 rings (SSSR count). The summed E-state index contributed by atoms with van der Waals surface area (Å²) < 4.78 is 14.6. The first-order valence-electron chi connectivity index (χ1n) is 9.19. The monoisotopic (exact) mass is 449 g/mol. The van der Waals surface area contributed by atoms with Gasteiger partial charge < -0.3 is 19.8 Å². The standard InChI is InChI=1S/C21H21Cl2N3O2S/c22-16-3-6-19(20(23)9-16)21(13-26-8-7-25-14-26)27-10-18(28-21)12-29-11-15-1-4-17(24)5-2-15/h1-9,14,18H,10-13,24H2. The molecule has 0 radical (unpaired) electrons. The van der Waals surface area contributed by atoms with Crippen LogP contribution >= 0.6 is 35.0 Å². The van der Waals surface area contributed by atoms with Gasteiger partial charge in [-0.25, -0.2) is 4.98 Å². The molecule has 29 heavy (non-hydrogen) atoms. The second-order valence-corrected chi connectivity index (χ2v) is 8.79. The molecule has 1 aromatic heterocycles. The summed E-state index contributed by atoms with van der Waals surface area (Å²) in [5.74, 6) is 0.715. The first-order valence-corrected chi connectivity index (χ1v) is 11.1. The molecule has 0 amide bonds. The fourth-order valence-electron chi connectivity index (χ4n) is 3.30. The van der Waals surface area contributed by atoms with Gasteiger partial charge in [0.1, 0.15) is 0 Å². The Morgan fingerprint density at radius 3 is 2.76 bits per heavy atom. The zero-order valence-electron chi connectivity index (χ0n) is 15.6. The van der Waals surface area contributed by atoms with Crippen molar-refractivity contribution in [1.29, 1.82) is 0 Å². The third-order valence-corrected chi connectivity index (χ3v) is 6.40. The zero-order valence-corrected chi connectivity index (χ0v) is 18.0. The molecule has 2 unspecified atom stereocenters. The highest BCUT2D eigenvalue weighted by atomic mass is 35.5. The fourth-order valence-corrected chi connectivity index (χ4v) is 4.82. The van der Waals surface area contributed by atoms with Gasteiger partial charge in [0, 0.05) is 40.2 Å². The first kappa shape index (κ1) is 20.6. The van der Waals surface area contributed by atoms with Crippen LogP contribution < -0.4 is 5.73 Å². The van der Waals surface area contributed by atoms with Gasteiger partial charge in [0.05, 0.1) is 30.6 Å². The second kappa shape index (κ2) is 8.98. The van der Waals surface area contributed by atoms with E-state index in [2.05, 4.69) is 4.98 Å². The molecule has 8 heteroatoms. The number of hydrogen-bond donors (Lipinski definition) is 1. The van der Waals surface area contributed by atoms with E-state index in [1.807, 2.05) is 41.1 Å². The fraction of sp³-hybridized carbons (Fsp3) is 0.286. The van der Waals surface area contributed by atoms with E-state index < -0.39 is 5.79 Å². The SMILES string of the molecule is Nc1ccc(CSCC2COC(Cn3ccnc3)(c3ccc(Cl)cc3Cl)O2)cc1. The Bertz CT molecular complexity index is 953. The van der Waals surface area contributed by atoms with Crippen LogP contribution in [-0.4, -0.2) is 28.0 Å². The van der Waals surface area contributed by atoms with Crippen molar-refractivity contribution in [2.24, 2.45) is 0 Å². The number of anilines is 1. The molecule has 3 aromatic rings. The minimum absolute atomic E-state index is 0.0518. The molecular formula is C21H21Cl2N3O2S. The van der Waals surface area contributed by atoms with Gasteiger partial charge in [-0.05, 0) is 29.8 Å². The van der Waals surface area contributed by atoms with E-state index in [-0.39, 0.29) is 6.10 Å². The van der Waals surface area contributed by atoms with Crippen molar-refractivity contribution in [3.8, 4) is 0 Å². The highest BCUT2D eigenvalue weighted by molar-refractivity contribution is 7.98. The van der Waals surface area contributed by atoms with Crippen LogP contribution in [0.2, 0.25) is 10.0 Å². The van der Waals surface area contributed by atoms with Gasteiger partial charge in [0.15, 0.2) is 0 Å². The molecule has 1 aliphatic heterocycles. The lowest BCUT2D eigenvalue weighted by molar-refractivity contribution is -0.184. The van der Waals surface area contributed by atoms with E-state index in [1.54, 1.807) is 36.4 Å². The van der Waals surface area contributed by atoms with E-state index in [9.17, 15) is 0 Å². The molecule has 2 atom stereocenters. The summed E-state index contributed by atoms with van der Waals surface area (Å²) in [4.78, 5) is 4.12. The average molecular weight is 450 g/mol. The lowest BCUT2D eigenvalue weighted by Crippen LogP contribution is -2.34. The summed E-state index contributed by atoms with van der Waals surface area (Å²) in [5.41, 5.74) is 8.52. The summed E-state index contributed by atoms with van der Waals surface area (Å²) in [6, 6.07) is 13.3. The number of nitrogens with zero attached hydrogens (tertiary/aromatic N) is 2. The smallest absolute Gasteiger partial charge is 0.215 e. The average Bonchev–Trinajstić information content (AvgIpc) is 3.34. The maximum absolute atomic E-state index is 6.50. The Hall–Kier alpha value is -1.70. The molecule has 1 aliphatic rings. The van der Waals surface area contributed by atoms with Crippen molar-refractivity contribution >= 4 is 40.7 Å². The molecule has 0 spiro atoms. The zero-order chi connectivity index (χ0) is 20.3. The maximum Gasteiger partial charge on any atom is 0.215 e. The molecule has 1 fully saturated rings. The summed E-state index contributed by atoms with van der Waals surface area (Å²) in [6.45, 7) is 0.940. The number of nitrogen functional groups attached to an aromatic ring is 1. The number of benzene rings is 2.